The van der Waals surface area contributed by atoms with Gasteiger partial charge in [0, 0.05) is 39.6 Å². The van der Waals surface area contributed by atoms with Gasteiger partial charge in [-0.1, -0.05) is 83.8 Å². The molecule has 0 amide bonds. The van der Waals surface area contributed by atoms with Gasteiger partial charge in [-0.25, -0.2) is 13.2 Å². The second kappa shape index (κ2) is 21.4. The van der Waals surface area contributed by atoms with E-state index in [1.54, 1.807) is 13.1 Å². The fraction of sp³-hybridized carbons (Fsp3) is 0.650. The van der Waals surface area contributed by atoms with Gasteiger partial charge in [-0.3, -0.25) is 9.48 Å². The van der Waals surface area contributed by atoms with E-state index >= 15 is 0 Å². The highest BCUT2D eigenvalue weighted by Gasteiger charge is 2.30. The Morgan fingerprint density at radius 3 is 2.11 bits per heavy atom. The summed E-state index contributed by atoms with van der Waals surface area (Å²) in [5, 5.41) is 4.59. The SMILES string of the molecule is CCCCCCCC/C=C\CCCCCCCC(=O)On1c(-c2cc(S(=O)(=O)N3CCN(C)CC3)ccc2OCC)nc(=O)c2c1c(CCC)nn2C. The molecule has 3 heterocycles. The Labute approximate surface area is 316 Å². The normalized spacial score (nSPS) is 14.4. The Morgan fingerprint density at radius 2 is 1.47 bits per heavy atom. The first-order valence-electron chi connectivity index (χ1n) is 19.9. The minimum absolute atomic E-state index is 0.00960. The molecule has 12 nitrogen and oxygen atoms in total. The number of rotatable bonds is 23. The zero-order valence-electron chi connectivity index (χ0n) is 32.8. The number of unbranched alkanes of at least 4 members (excludes halogenated alkanes) is 11. The van der Waals surface area contributed by atoms with Crippen LogP contribution >= 0.6 is 0 Å². The lowest BCUT2D eigenvalue weighted by atomic mass is 10.1. The molecular formula is C40H62N6O6S. The van der Waals surface area contributed by atoms with Crippen LogP contribution in [0.15, 0.2) is 40.0 Å². The fourth-order valence-electron chi connectivity index (χ4n) is 6.78. The smallest absolute Gasteiger partial charge is 0.333 e. The minimum atomic E-state index is -3.87. The molecule has 0 saturated carbocycles. The number of hydrogen-bond donors (Lipinski definition) is 0. The largest absolute Gasteiger partial charge is 0.493 e. The number of allylic oxidation sites excluding steroid dienone is 2. The molecule has 13 heteroatoms. The molecule has 0 unspecified atom stereocenters. The molecule has 1 saturated heterocycles. The number of nitrogens with zero attached hydrogens (tertiary/aromatic N) is 6. The van der Waals surface area contributed by atoms with Gasteiger partial charge in [0.1, 0.15) is 11.3 Å². The molecular weight excluding hydrogens is 693 g/mol. The van der Waals surface area contributed by atoms with Crippen LogP contribution in [-0.4, -0.2) is 82.9 Å². The van der Waals surface area contributed by atoms with Crippen molar-refractivity contribution < 1.29 is 22.8 Å². The summed E-state index contributed by atoms with van der Waals surface area (Å²) in [5.41, 5.74) is 0.800. The van der Waals surface area contributed by atoms with Crippen molar-refractivity contribution in [3.05, 3.63) is 46.4 Å². The van der Waals surface area contributed by atoms with E-state index < -0.39 is 21.6 Å². The average molecular weight is 755 g/mol. The van der Waals surface area contributed by atoms with Crippen molar-refractivity contribution in [3.8, 4) is 17.1 Å². The molecule has 1 fully saturated rings. The van der Waals surface area contributed by atoms with E-state index in [-0.39, 0.29) is 34.8 Å². The van der Waals surface area contributed by atoms with Crippen molar-refractivity contribution in [1.82, 2.24) is 28.7 Å². The van der Waals surface area contributed by atoms with Gasteiger partial charge >= 0.3 is 5.97 Å². The standard InChI is InChI=1S/C40H62N6O6S/c1-6-9-10-11-12-13-14-15-16-17-18-19-20-21-22-24-36(47)52-46-37-34(23-7-2)42-44(5)38(37)40(48)41-39(46)33-31-32(25-26-35(33)51-8-3)53(49,50)45-29-27-43(4)28-30-45/h15-16,25-26,31H,6-14,17-24,27-30H2,1-5H3/b16-15-. The Hall–Kier alpha value is -3.55. The van der Waals surface area contributed by atoms with Gasteiger partial charge < -0.3 is 14.5 Å². The number of ether oxygens (including phenoxy) is 1. The molecule has 0 spiro atoms. The summed E-state index contributed by atoms with van der Waals surface area (Å²) in [6, 6.07) is 4.55. The topological polar surface area (TPSA) is 129 Å². The number of carbonyl (C=O) groups excluding carboxylic acids is 1. The van der Waals surface area contributed by atoms with Crippen LogP contribution < -0.4 is 15.1 Å². The average Bonchev–Trinajstić information content (AvgIpc) is 3.47. The number of hydrogen-bond acceptors (Lipinski definition) is 9. The summed E-state index contributed by atoms with van der Waals surface area (Å²) in [6.45, 7) is 8.32. The zero-order valence-corrected chi connectivity index (χ0v) is 33.6. The van der Waals surface area contributed by atoms with Gasteiger partial charge in [0.15, 0.2) is 11.3 Å². The highest BCUT2D eigenvalue weighted by molar-refractivity contribution is 7.89. The molecule has 2 aromatic heterocycles. The molecule has 0 bridgehead atoms. The maximum atomic E-state index is 13.8. The first kappa shape index (κ1) is 42.2. The first-order valence-corrected chi connectivity index (χ1v) is 21.4. The fourth-order valence-corrected chi connectivity index (χ4v) is 8.23. The van der Waals surface area contributed by atoms with Gasteiger partial charge in [0.25, 0.3) is 5.56 Å². The van der Waals surface area contributed by atoms with Gasteiger partial charge in [-0.05, 0) is 70.7 Å². The molecule has 4 rings (SSSR count). The van der Waals surface area contributed by atoms with Crippen molar-refractivity contribution in [2.24, 2.45) is 7.05 Å². The maximum absolute atomic E-state index is 13.8. The number of sulfonamides is 1. The van der Waals surface area contributed by atoms with Crippen LogP contribution in [0.25, 0.3) is 22.4 Å². The quantitative estimate of drug-likeness (QED) is 0.0737. The van der Waals surface area contributed by atoms with E-state index in [9.17, 15) is 18.0 Å². The zero-order chi connectivity index (χ0) is 38.2. The van der Waals surface area contributed by atoms with Crippen LogP contribution in [-0.2, 0) is 28.3 Å². The molecule has 1 aromatic carbocycles. The van der Waals surface area contributed by atoms with Crippen molar-refractivity contribution >= 4 is 27.0 Å². The number of fused-ring (bicyclic) bond motifs is 1. The Bertz CT molecular complexity index is 1810. The summed E-state index contributed by atoms with van der Waals surface area (Å²) in [5.74, 6) is -0.162. The third-order valence-corrected chi connectivity index (χ3v) is 11.7. The molecule has 0 N–H and O–H groups in total. The van der Waals surface area contributed by atoms with Crippen LogP contribution in [0.4, 0.5) is 0 Å². The van der Waals surface area contributed by atoms with E-state index in [4.69, 9.17) is 9.57 Å². The van der Waals surface area contributed by atoms with Crippen molar-refractivity contribution in [3.63, 3.8) is 0 Å². The summed E-state index contributed by atoms with van der Waals surface area (Å²) in [7, 11) is -0.248. The number of piperazine rings is 1. The monoisotopic (exact) mass is 754 g/mol. The maximum Gasteiger partial charge on any atom is 0.333 e. The van der Waals surface area contributed by atoms with Gasteiger partial charge in [-0.2, -0.15) is 19.1 Å². The van der Waals surface area contributed by atoms with E-state index in [2.05, 4.69) is 34.1 Å². The van der Waals surface area contributed by atoms with Crippen molar-refractivity contribution in [1.29, 1.82) is 0 Å². The molecule has 0 radical (unpaired) electrons. The van der Waals surface area contributed by atoms with Crippen molar-refractivity contribution in [2.75, 3.05) is 39.8 Å². The molecule has 3 aromatic rings. The third kappa shape index (κ3) is 11.7. The van der Waals surface area contributed by atoms with Gasteiger partial charge in [0.2, 0.25) is 10.0 Å². The van der Waals surface area contributed by atoms with E-state index in [1.807, 2.05) is 20.9 Å². The van der Waals surface area contributed by atoms with Gasteiger partial charge in [0.05, 0.1) is 22.8 Å². The van der Waals surface area contributed by atoms with Crippen LogP contribution in [0.5, 0.6) is 5.75 Å². The molecule has 1 aliphatic heterocycles. The predicted molar refractivity (Wildman–Crippen MR) is 211 cm³/mol. The summed E-state index contributed by atoms with van der Waals surface area (Å²) in [4.78, 5) is 39.7. The Balaban J connectivity index is 1.50. The van der Waals surface area contributed by atoms with Crippen LogP contribution in [0, 0.1) is 0 Å². The lowest BCUT2D eigenvalue weighted by Gasteiger charge is -2.31. The highest BCUT2D eigenvalue weighted by atomic mass is 32.2. The summed E-state index contributed by atoms with van der Waals surface area (Å²) < 4.78 is 37.8. The second-order valence-electron chi connectivity index (χ2n) is 14.1. The highest BCUT2D eigenvalue weighted by Crippen LogP contribution is 2.34. The van der Waals surface area contributed by atoms with E-state index in [0.29, 0.717) is 56.0 Å². The molecule has 53 heavy (non-hydrogen) atoms. The molecule has 0 aliphatic carbocycles. The first-order chi connectivity index (χ1) is 25.6. The third-order valence-electron chi connectivity index (χ3n) is 9.81. The number of likely N-dealkylation sites (N-methyl/N-ethyl adjacent to an activating group) is 1. The predicted octanol–water partition coefficient (Wildman–Crippen LogP) is 7.08. The van der Waals surface area contributed by atoms with E-state index in [0.717, 1.165) is 38.5 Å². The number of aryl methyl sites for hydroxylation is 2. The van der Waals surface area contributed by atoms with Crippen molar-refractivity contribution in [2.45, 2.75) is 128 Å². The minimum Gasteiger partial charge on any atom is -0.493 e. The second-order valence-corrected chi connectivity index (χ2v) is 16.1. The summed E-state index contributed by atoms with van der Waals surface area (Å²) in [6.07, 6.45) is 21.1. The Morgan fingerprint density at radius 1 is 0.830 bits per heavy atom. The van der Waals surface area contributed by atoms with Crippen LogP contribution in [0.3, 0.4) is 0 Å². The number of benzene rings is 1. The Kier molecular flexibility index (Phi) is 17.0. The number of aromatic nitrogens is 4. The lowest BCUT2D eigenvalue weighted by molar-refractivity contribution is -0.143. The number of carbonyl (C=O) groups is 1. The molecule has 294 valence electrons. The van der Waals surface area contributed by atoms with Gasteiger partial charge in [-0.15, -0.1) is 0 Å². The van der Waals surface area contributed by atoms with Crippen LogP contribution in [0.2, 0.25) is 0 Å². The lowest BCUT2D eigenvalue weighted by Crippen LogP contribution is -2.47. The molecule has 0 atom stereocenters. The van der Waals surface area contributed by atoms with E-state index in [1.165, 1.54) is 70.8 Å². The molecule has 1 aliphatic rings. The summed E-state index contributed by atoms with van der Waals surface area (Å²) >= 11 is 0. The van der Waals surface area contributed by atoms with Crippen LogP contribution in [0.1, 0.15) is 123 Å².